The Morgan fingerprint density at radius 3 is 2.72 bits per heavy atom. The van der Waals surface area contributed by atoms with Crippen LogP contribution in [0.25, 0.3) is 0 Å². The van der Waals surface area contributed by atoms with E-state index < -0.39 is 0 Å². The largest absolute Gasteiger partial charge is 0.338 e. The van der Waals surface area contributed by atoms with Crippen molar-refractivity contribution < 1.29 is 9.59 Å². The van der Waals surface area contributed by atoms with E-state index in [0.29, 0.717) is 28.8 Å². The van der Waals surface area contributed by atoms with E-state index in [1.807, 2.05) is 31.2 Å². The van der Waals surface area contributed by atoms with Crippen LogP contribution in [-0.4, -0.2) is 23.3 Å². The Bertz CT molecular complexity index is 823. The van der Waals surface area contributed by atoms with Gasteiger partial charge in [-0.25, -0.2) is 0 Å². The molecule has 1 saturated heterocycles. The number of rotatable bonds is 4. The normalized spacial score (nSPS) is 17.0. The van der Waals surface area contributed by atoms with Crippen LogP contribution in [0.15, 0.2) is 42.5 Å². The van der Waals surface area contributed by atoms with Gasteiger partial charge in [0.25, 0.3) is 0 Å². The first kappa shape index (κ1) is 17.8. The third-order valence-corrected chi connectivity index (χ3v) is 4.94. The zero-order valence-electron chi connectivity index (χ0n) is 13.8. The molecule has 1 atom stereocenters. The van der Waals surface area contributed by atoms with Crippen LogP contribution in [0.5, 0.6) is 0 Å². The molecular weight excluding hydrogens is 359 g/mol. The molecular formula is C19H18Cl2N2O2. The van der Waals surface area contributed by atoms with Gasteiger partial charge in [0.1, 0.15) is 0 Å². The molecule has 0 spiro atoms. The number of halogens is 2. The summed E-state index contributed by atoms with van der Waals surface area (Å²) in [5, 5.41) is 3.67. The summed E-state index contributed by atoms with van der Waals surface area (Å²) in [6, 6.07) is 12.8. The summed E-state index contributed by atoms with van der Waals surface area (Å²) in [7, 11) is 0. The Balaban J connectivity index is 1.65. The molecule has 0 aromatic heterocycles. The average molecular weight is 377 g/mol. The van der Waals surface area contributed by atoms with E-state index >= 15 is 0 Å². The van der Waals surface area contributed by atoms with Gasteiger partial charge in [-0.15, -0.1) is 0 Å². The predicted octanol–water partition coefficient (Wildman–Crippen LogP) is 4.29. The highest BCUT2D eigenvalue weighted by Crippen LogP contribution is 2.27. The summed E-state index contributed by atoms with van der Waals surface area (Å²) < 4.78 is 0. The summed E-state index contributed by atoms with van der Waals surface area (Å²) in [6.45, 7) is 2.95. The fourth-order valence-corrected chi connectivity index (χ4v) is 3.38. The summed E-state index contributed by atoms with van der Waals surface area (Å²) >= 11 is 11.9. The predicted molar refractivity (Wildman–Crippen MR) is 99.8 cm³/mol. The minimum absolute atomic E-state index is 0.00870. The summed E-state index contributed by atoms with van der Waals surface area (Å²) in [6.07, 6.45) is 0.211. The van der Waals surface area contributed by atoms with E-state index in [9.17, 15) is 9.59 Å². The molecule has 2 aromatic carbocycles. The first-order valence-corrected chi connectivity index (χ1v) is 8.78. The first-order valence-electron chi connectivity index (χ1n) is 8.02. The van der Waals surface area contributed by atoms with Crippen molar-refractivity contribution in [2.75, 3.05) is 11.9 Å². The van der Waals surface area contributed by atoms with Crippen molar-refractivity contribution >= 4 is 40.7 Å². The van der Waals surface area contributed by atoms with Gasteiger partial charge in [0.15, 0.2) is 0 Å². The van der Waals surface area contributed by atoms with E-state index in [2.05, 4.69) is 5.32 Å². The first-order chi connectivity index (χ1) is 11.9. The van der Waals surface area contributed by atoms with E-state index in [4.69, 9.17) is 23.2 Å². The lowest BCUT2D eigenvalue weighted by Crippen LogP contribution is -2.28. The monoisotopic (exact) mass is 376 g/mol. The molecule has 0 radical (unpaired) electrons. The number of nitrogens with zero attached hydrogens (tertiary/aromatic N) is 1. The third kappa shape index (κ3) is 4.14. The van der Waals surface area contributed by atoms with Gasteiger partial charge in [-0.1, -0.05) is 47.5 Å². The van der Waals surface area contributed by atoms with Gasteiger partial charge in [-0.05, 0) is 36.2 Å². The minimum atomic E-state index is -0.386. The second kappa shape index (κ2) is 7.46. The lowest BCUT2D eigenvalue weighted by molar-refractivity contribution is -0.128. The molecule has 6 heteroatoms. The molecule has 3 rings (SSSR count). The Morgan fingerprint density at radius 1 is 1.24 bits per heavy atom. The maximum Gasteiger partial charge on any atom is 0.229 e. The highest BCUT2D eigenvalue weighted by atomic mass is 35.5. The van der Waals surface area contributed by atoms with Crippen molar-refractivity contribution in [3.05, 3.63) is 63.6 Å². The maximum atomic E-state index is 12.5. The summed E-state index contributed by atoms with van der Waals surface area (Å²) in [4.78, 5) is 26.5. The van der Waals surface area contributed by atoms with Crippen molar-refractivity contribution in [2.24, 2.45) is 5.92 Å². The molecule has 2 aromatic rings. The highest BCUT2D eigenvalue weighted by molar-refractivity contribution is 6.36. The van der Waals surface area contributed by atoms with Gasteiger partial charge in [0.05, 0.1) is 16.6 Å². The SMILES string of the molecule is Cc1ccccc1CN1CC(C(=O)Nc2ccc(Cl)cc2Cl)CC1=O. The number of amides is 2. The molecule has 130 valence electrons. The zero-order valence-corrected chi connectivity index (χ0v) is 15.3. The topological polar surface area (TPSA) is 49.4 Å². The van der Waals surface area contributed by atoms with Gasteiger partial charge in [-0.3, -0.25) is 9.59 Å². The summed E-state index contributed by atoms with van der Waals surface area (Å²) in [5.41, 5.74) is 2.73. The van der Waals surface area contributed by atoms with Crippen LogP contribution in [0.2, 0.25) is 10.0 Å². The smallest absolute Gasteiger partial charge is 0.229 e. The maximum absolute atomic E-state index is 12.5. The fourth-order valence-electron chi connectivity index (χ4n) is 2.92. The minimum Gasteiger partial charge on any atom is -0.338 e. The van der Waals surface area contributed by atoms with E-state index in [1.54, 1.807) is 23.1 Å². The molecule has 4 nitrogen and oxygen atoms in total. The molecule has 1 unspecified atom stereocenters. The standard InChI is InChI=1S/C19H18Cl2N2O2/c1-12-4-2-3-5-13(12)10-23-11-14(8-18(23)24)19(25)22-17-7-6-15(20)9-16(17)21/h2-7,9,14H,8,10-11H2,1H3,(H,22,25). The molecule has 25 heavy (non-hydrogen) atoms. The zero-order chi connectivity index (χ0) is 18.0. The molecule has 1 N–H and O–H groups in total. The number of likely N-dealkylation sites (tertiary alicyclic amines) is 1. The number of carbonyl (C=O) groups excluding carboxylic acids is 2. The fraction of sp³-hybridized carbons (Fsp3) is 0.263. The summed E-state index contributed by atoms with van der Waals surface area (Å²) in [5.74, 6) is -0.598. The quantitative estimate of drug-likeness (QED) is 0.864. The van der Waals surface area contributed by atoms with E-state index in [1.165, 1.54) is 0 Å². The van der Waals surface area contributed by atoms with E-state index in [-0.39, 0.29) is 24.2 Å². The van der Waals surface area contributed by atoms with Crippen LogP contribution in [0.1, 0.15) is 17.5 Å². The molecule has 1 aliphatic rings. The third-order valence-electron chi connectivity index (χ3n) is 4.40. The molecule has 1 heterocycles. The Kier molecular flexibility index (Phi) is 5.30. The molecule has 0 bridgehead atoms. The Morgan fingerprint density at radius 2 is 2.00 bits per heavy atom. The van der Waals surface area contributed by atoms with Crippen LogP contribution >= 0.6 is 23.2 Å². The molecule has 1 fully saturated rings. The van der Waals surface area contributed by atoms with Gasteiger partial charge < -0.3 is 10.2 Å². The number of anilines is 1. The molecule has 2 amide bonds. The van der Waals surface area contributed by atoms with Crippen molar-refractivity contribution in [3.63, 3.8) is 0 Å². The number of carbonyl (C=O) groups is 2. The van der Waals surface area contributed by atoms with Crippen molar-refractivity contribution in [1.82, 2.24) is 4.90 Å². The van der Waals surface area contributed by atoms with Crippen LogP contribution in [0, 0.1) is 12.8 Å². The Hall–Kier alpha value is -2.04. The van der Waals surface area contributed by atoms with Gasteiger partial charge in [-0.2, -0.15) is 0 Å². The number of nitrogens with one attached hydrogen (secondary N) is 1. The highest BCUT2D eigenvalue weighted by Gasteiger charge is 2.34. The van der Waals surface area contributed by atoms with Crippen LogP contribution in [-0.2, 0) is 16.1 Å². The number of aryl methyl sites for hydroxylation is 1. The van der Waals surface area contributed by atoms with Crippen molar-refractivity contribution in [3.8, 4) is 0 Å². The second-order valence-electron chi connectivity index (χ2n) is 6.22. The van der Waals surface area contributed by atoms with Crippen LogP contribution in [0.4, 0.5) is 5.69 Å². The van der Waals surface area contributed by atoms with Gasteiger partial charge in [0.2, 0.25) is 11.8 Å². The molecule has 1 aliphatic heterocycles. The molecule has 0 saturated carbocycles. The van der Waals surface area contributed by atoms with Crippen molar-refractivity contribution in [1.29, 1.82) is 0 Å². The Labute approximate surface area is 156 Å². The number of benzene rings is 2. The number of hydrogen-bond acceptors (Lipinski definition) is 2. The lowest BCUT2D eigenvalue weighted by Gasteiger charge is -2.18. The second-order valence-corrected chi connectivity index (χ2v) is 7.06. The van der Waals surface area contributed by atoms with Crippen LogP contribution < -0.4 is 5.32 Å². The van der Waals surface area contributed by atoms with E-state index in [0.717, 1.165) is 11.1 Å². The lowest BCUT2D eigenvalue weighted by atomic mass is 10.1. The average Bonchev–Trinajstić information content (AvgIpc) is 2.93. The van der Waals surface area contributed by atoms with Crippen LogP contribution in [0.3, 0.4) is 0 Å². The van der Waals surface area contributed by atoms with Gasteiger partial charge in [0, 0.05) is 24.5 Å². The van der Waals surface area contributed by atoms with Gasteiger partial charge >= 0.3 is 0 Å². The number of hydrogen-bond donors (Lipinski definition) is 1. The van der Waals surface area contributed by atoms with Crippen molar-refractivity contribution in [2.45, 2.75) is 19.9 Å². The molecule has 0 aliphatic carbocycles.